The summed E-state index contributed by atoms with van der Waals surface area (Å²) < 4.78 is 0. The SMILES string of the molecule is CC(C)C(C(=O)Nc1cccnc1)C(N)=S. The molecule has 3 N–H and O–H groups in total. The lowest BCUT2D eigenvalue weighted by molar-refractivity contribution is -0.118. The number of nitrogens with zero attached hydrogens (tertiary/aromatic N) is 1. The first kappa shape index (κ1) is 12.6. The molecule has 1 amide bonds. The maximum absolute atomic E-state index is 11.9. The van der Waals surface area contributed by atoms with E-state index < -0.39 is 5.92 Å². The Labute approximate surface area is 100 Å². The van der Waals surface area contributed by atoms with Crippen LogP contribution >= 0.6 is 12.2 Å². The minimum Gasteiger partial charge on any atom is -0.393 e. The normalized spacial score (nSPS) is 12.2. The maximum atomic E-state index is 11.9. The summed E-state index contributed by atoms with van der Waals surface area (Å²) in [5.41, 5.74) is 6.19. The number of rotatable bonds is 4. The second-order valence-electron chi connectivity index (χ2n) is 3.86. The number of carbonyl (C=O) groups excluding carboxylic acids is 1. The Balaban J connectivity index is 2.74. The predicted molar refractivity (Wildman–Crippen MR) is 68.0 cm³/mol. The third kappa shape index (κ3) is 3.27. The molecule has 0 aliphatic rings. The first-order valence-corrected chi connectivity index (χ1v) is 5.43. The van der Waals surface area contributed by atoms with E-state index in [0.29, 0.717) is 5.69 Å². The topological polar surface area (TPSA) is 68.0 Å². The molecule has 0 bridgehead atoms. The Morgan fingerprint density at radius 3 is 2.69 bits per heavy atom. The molecule has 0 radical (unpaired) electrons. The largest absolute Gasteiger partial charge is 0.393 e. The van der Waals surface area contributed by atoms with Crippen molar-refractivity contribution in [3.05, 3.63) is 24.5 Å². The molecule has 1 rings (SSSR count). The van der Waals surface area contributed by atoms with E-state index in [-0.39, 0.29) is 16.8 Å². The standard InChI is InChI=1S/C11H15N3OS/c1-7(2)9(10(12)16)11(15)14-8-4-3-5-13-6-8/h3-7,9H,1-2H3,(H2,12,16)(H,14,15). The van der Waals surface area contributed by atoms with Crippen LogP contribution in [0, 0.1) is 11.8 Å². The molecule has 1 aromatic rings. The number of nitrogens with one attached hydrogen (secondary N) is 1. The highest BCUT2D eigenvalue weighted by atomic mass is 32.1. The average Bonchev–Trinajstić information content (AvgIpc) is 2.17. The van der Waals surface area contributed by atoms with Crippen molar-refractivity contribution in [3.63, 3.8) is 0 Å². The summed E-state index contributed by atoms with van der Waals surface area (Å²) in [4.78, 5) is 16.0. The lowest BCUT2D eigenvalue weighted by Gasteiger charge is -2.18. The summed E-state index contributed by atoms with van der Waals surface area (Å²) in [6.45, 7) is 3.82. The van der Waals surface area contributed by atoms with E-state index in [9.17, 15) is 4.79 Å². The Bertz CT molecular complexity index is 378. The zero-order valence-corrected chi connectivity index (χ0v) is 10.1. The summed E-state index contributed by atoms with van der Waals surface area (Å²) in [6, 6.07) is 3.52. The summed E-state index contributed by atoms with van der Waals surface area (Å²) >= 11 is 4.89. The molecule has 0 aliphatic carbocycles. The molecule has 1 aromatic heterocycles. The summed E-state index contributed by atoms with van der Waals surface area (Å²) in [7, 11) is 0. The van der Waals surface area contributed by atoms with Gasteiger partial charge in [0.25, 0.3) is 0 Å². The van der Waals surface area contributed by atoms with Gasteiger partial charge in [0, 0.05) is 6.20 Å². The molecule has 86 valence electrons. The molecule has 0 aromatic carbocycles. The van der Waals surface area contributed by atoms with Gasteiger partial charge >= 0.3 is 0 Å². The summed E-state index contributed by atoms with van der Waals surface area (Å²) in [6.07, 6.45) is 3.22. The van der Waals surface area contributed by atoms with Gasteiger partial charge in [-0.1, -0.05) is 26.1 Å². The van der Waals surface area contributed by atoms with Crippen LogP contribution in [0.25, 0.3) is 0 Å². The molecule has 4 nitrogen and oxygen atoms in total. The van der Waals surface area contributed by atoms with Crippen LogP contribution in [-0.2, 0) is 4.79 Å². The first-order chi connectivity index (χ1) is 7.52. The molecule has 1 unspecified atom stereocenters. The van der Waals surface area contributed by atoms with E-state index in [2.05, 4.69) is 10.3 Å². The molecule has 0 spiro atoms. The number of anilines is 1. The number of amides is 1. The van der Waals surface area contributed by atoms with E-state index in [1.807, 2.05) is 13.8 Å². The molecule has 1 heterocycles. The zero-order chi connectivity index (χ0) is 12.1. The van der Waals surface area contributed by atoms with Gasteiger partial charge in [-0.25, -0.2) is 0 Å². The van der Waals surface area contributed by atoms with Crippen molar-refractivity contribution in [2.45, 2.75) is 13.8 Å². The van der Waals surface area contributed by atoms with E-state index in [4.69, 9.17) is 18.0 Å². The highest BCUT2D eigenvalue weighted by Gasteiger charge is 2.24. The maximum Gasteiger partial charge on any atom is 0.234 e. The molecular formula is C11H15N3OS. The molecular weight excluding hydrogens is 222 g/mol. The fourth-order valence-corrected chi connectivity index (χ4v) is 1.80. The van der Waals surface area contributed by atoms with Crippen LogP contribution in [0.1, 0.15) is 13.8 Å². The van der Waals surface area contributed by atoms with Crippen molar-refractivity contribution in [2.75, 3.05) is 5.32 Å². The molecule has 16 heavy (non-hydrogen) atoms. The van der Waals surface area contributed by atoms with Crippen LogP contribution < -0.4 is 11.1 Å². The second-order valence-corrected chi connectivity index (χ2v) is 4.33. The van der Waals surface area contributed by atoms with Crippen molar-refractivity contribution < 1.29 is 4.79 Å². The molecule has 0 aliphatic heterocycles. The lowest BCUT2D eigenvalue weighted by Crippen LogP contribution is -2.36. The van der Waals surface area contributed by atoms with Crippen LogP contribution in [0.2, 0.25) is 0 Å². The molecule has 0 saturated heterocycles. The van der Waals surface area contributed by atoms with Gasteiger partial charge in [-0.2, -0.15) is 0 Å². The molecule has 0 saturated carbocycles. The Hall–Kier alpha value is -1.49. The monoisotopic (exact) mass is 237 g/mol. The summed E-state index contributed by atoms with van der Waals surface area (Å²) in [5.74, 6) is -0.556. The van der Waals surface area contributed by atoms with E-state index in [1.54, 1.807) is 24.5 Å². The second kappa shape index (κ2) is 5.55. The van der Waals surface area contributed by atoms with Gasteiger partial charge in [0.15, 0.2) is 0 Å². The van der Waals surface area contributed by atoms with E-state index >= 15 is 0 Å². The lowest BCUT2D eigenvalue weighted by atomic mass is 9.95. The van der Waals surface area contributed by atoms with Crippen molar-refractivity contribution in [2.24, 2.45) is 17.6 Å². The predicted octanol–water partition coefficient (Wildman–Crippen LogP) is 1.58. The van der Waals surface area contributed by atoms with Gasteiger partial charge in [-0.05, 0) is 18.1 Å². The average molecular weight is 237 g/mol. The van der Waals surface area contributed by atoms with Gasteiger partial charge in [0.1, 0.15) is 0 Å². The Morgan fingerprint density at radius 2 is 2.25 bits per heavy atom. The van der Waals surface area contributed by atoms with Gasteiger partial charge in [-0.3, -0.25) is 9.78 Å². The van der Waals surface area contributed by atoms with Gasteiger partial charge in [0.2, 0.25) is 5.91 Å². The van der Waals surface area contributed by atoms with Gasteiger partial charge in [0.05, 0.1) is 22.8 Å². The van der Waals surface area contributed by atoms with E-state index in [0.717, 1.165) is 0 Å². The number of carbonyl (C=O) groups is 1. The minimum absolute atomic E-state index is 0.0779. The highest BCUT2D eigenvalue weighted by Crippen LogP contribution is 2.14. The quantitative estimate of drug-likeness (QED) is 0.780. The Morgan fingerprint density at radius 1 is 1.56 bits per heavy atom. The third-order valence-corrected chi connectivity index (χ3v) is 2.44. The van der Waals surface area contributed by atoms with Gasteiger partial charge in [-0.15, -0.1) is 0 Å². The van der Waals surface area contributed by atoms with E-state index in [1.165, 1.54) is 0 Å². The number of hydrogen-bond acceptors (Lipinski definition) is 3. The summed E-state index contributed by atoms with van der Waals surface area (Å²) in [5, 5.41) is 2.74. The number of thiocarbonyl (C=S) groups is 1. The zero-order valence-electron chi connectivity index (χ0n) is 9.31. The first-order valence-electron chi connectivity index (χ1n) is 5.02. The van der Waals surface area contributed by atoms with Crippen LogP contribution in [-0.4, -0.2) is 15.9 Å². The Kier molecular flexibility index (Phi) is 4.37. The number of hydrogen-bond donors (Lipinski definition) is 2. The van der Waals surface area contributed by atoms with Crippen molar-refractivity contribution in [1.82, 2.24) is 4.98 Å². The number of pyridine rings is 1. The van der Waals surface area contributed by atoms with Crippen LogP contribution in [0.5, 0.6) is 0 Å². The van der Waals surface area contributed by atoms with Crippen molar-refractivity contribution in [3.8, 4) is 0 Å². The fourth-order valence-electron chi connectivity index (χ4n) is 1.42. The highest BCUT2D eigenvalue weighted by molar-refractivity contribution is 7.80. The van der Waals surface area contributed by atoms with Gasteiger partial charge < -0.3 is 11.1 Å². The number of aromatic nitrogens is 1. The minimum atomic E-state index is -0.449. The van der Waals surface area contributed by atoms with Crippen LogP contribution in [0.3, 0.4) is 0 Å². The van der Waals surface area contributed by atoms with Crippen molar-refractivity contribution in [1.29, 1.82) is 0 Å². The smallest absolute Gasteiger partial charge is 0.234 e. The fraction of sp³-hybridized carbons (Fsp3) is 0.364. The number of nitrogens with two attached hydrogens (primary N) is 1. The van der Waals surface area contributed by atoms with Crippen LogP contribution in [0.15, 0.2) is 24.5 Å². The van der Waals surface area contributed by atoms with Crippen molar-refractivity contribution >= 4 is 28.8 Å². The van der Waals surface area contributed by atoms with Crippen LogP contribution in [0.4, 0.5) is 5.69 Å². The molecule has 1 atom stereocenters. The molecule has 0 fully saturated rings. The molecule has 5 heteroatoms. The third-order valence-electron chi connectivity index (χ3n) is 2.18.